The minimum Gasteiger partial charge on any atom is -0.508 e. The Bertz CT molecular complexity index is 1200. The highest BCUT2D eigenvalue weighted by molar-refractivity contribution is 7.99. The number of aryl methyl sites for hydroxylation is 2. The molecule has 0 unspecified atom stereocenters. The Morgan fingerprint density at radius 2 is 1.94 bits per heavy atom. The Morgan fingerprint density at radius 3 is 2.65 bits per heavy atom. The van der Waals surface area contributed by atoms with E-state index in [-0.39, 0.29) is 17.4 Å². The minimum atomic E-state index is -0.186. The van der Waals surface area contributed by atoms with Crippen molar-refractivity contribution in [2.75, 3.05) is 11.1 Å². The molecule has 0 saturated carbocycles. The zero-order chi connectivity index (χ0) is 21.8. The Kier molecular flexibility index (Phi) is 6.28. The molecule has 2 heterocycles. The summed E-state index contributed by atoms with van der Waals surface area (Å²) in [5, 5.41) is 31.0. The SMILES string of the molecule is CCc1nnc(NC(=O)CSc2nnc(-c3ccc(O)cc3)n2-c2cccc(C)c2)s1. The van der Waals surface area contributed by atoms with Crippen LogP contribution in [0.2, 0.25) is 0 Å². The standard InChI is InChI=1S/C21H20N6O2S2/c1-3-18-23-25-20(31-18)22-17(29)12-30-21-26-24-19(14-7-9-16(28)10-8-14)27(21)15-6-4-5-13(2)11-15/h4-11,28H,3,12H2,1-2H3,(H,22,25,29). The lowest BCUT2D eigenvalue weighted by Gasteiger charge is -2.11. The van der Waals surface area contributed by atoms with Gasteiger partial charge in [-0.25, -0.2) is 0 Å². The van der Waals surface area contributed by atoms with E-state index in [1.54, 1.807) is 24.3 Å². The zero-order valence-electron chi connectivity index (χ0n) is 16.9. The first-order valence-electron chi connectivity index (χ1n) is 9.60. The van der Waals surface area contributed by atoms with Crippen molar-refractivity contribution in [2.24, 2.45) is 0 Å². The second-order valence-electron chi connectivity index (χ2n) is 6.72. The Labute approximate surface area is 187 Å². The number of carbonyl (C=O) groups excluding carboxylic acids is 1. The van der Waals surface area contributed by atoms with Gasteiger partial charge in [-0.3, -0.25) is 14.7 Å². The highest BCUT2D eigenvalue weighted by Gasteiger charge is 2.18. The summed E-state index contributed by atoms with van der Waals surface area (Å²) in [5.74, 6) is 0.777. The van der Waals surface area contributed by atoms with Gasteiger partial charge in [-0.05, 0) is 55.3 Å². The number of carbonyl (C=O) groups is 1. The van der Waals surface area contributed by atoms with Crippen LogP contribution in [0.4, 0.5) is 5.13 Å². The van der Waals surface area contributed by atoms with Crippen LogP contribution >= 0.6 is 23.1 Å². The molecule has 31 heavy (non-hydrogen) atoms. The molecule has 0 radical (unpaired) electrons. The molecular weight excluding hydrogens is 432 g/mol. The molecule has 0 aliphatic carbocycles. The molecule has 1 amide bonds. The number of hydrogen-bond acceptors (Lipinski definition) is 8. The van der Waals surface area contributed by atoms with Gasteiger partial charge in [-0.1, -0.05) is 42.2 Å². The lowest BCUT2D eigenvalue weighted by atomic mass is 10.2. The second-order valence-corrected chi connectivity index (χ2v) is 8.72. The summed E-state index contributed by atoms with van der Waals surface area (Å²) < 4.78 is 1.91. The van der Waals surface area contributed by atoms with E-state index in [1.807, 2.05) is 42.7 Å². The van der Waals surface area contributed by atoms with Gasteiger partial charge < -0.3 is 5.11 Å². The first-order chi connectivity index (χ1) is 15.0. The number of anilines is 1. The number of phenolic OH excluding ortho intramolecular Hbond substituents is 1. The molecule has 0 aliphatic heterocycles. The second kappa shape index (κ2) is 9.27. The normalized spacial score (nSPS) is 10.9. The summed E-state index contributed by atoms with van der Waals surface area (Å²) in [7, 11) is 0. The van der Waals surface area contributed by atoms with E-state index in [0.717, 1.165) is 28.2 Å². The van der Waals surface area contributed by atoms with Gasteiger partial charge in [-0.2, -0.15) is 0 Å². The number of aromatic nitrogens is 5. The summed E-state index contributed by atoms with van der Waals surface area (Å²) in [6.45, 7) is 4.01. The molecule has 10 heteroatoms. The van der Waals surface area contributed by atoms with Crippen molar-refractivity contribution in [1.82, 2.24) is 25.0 Å². The van der Waals surface area contributed by atoms with Gasteiger partial charge in [0.1, 0.15) is 10.8 Å². The van der Waals surface area contributed by atoms with Crippen molar-refractivity contribution in [3.63, 3.8) is 0 Å². The van der Waals surface area contributed by atoms with Crippen LogP contribution in [-0.2, 0) is 11.2 Å². The molecule has 2 aromatic heterocycles. The molecular formula is C21H20N6O2S2. The fourth-order valence-electron chi connectivity index (χ4n) is 2.89. The molecule has 4 aromatic rings. The van der Waals surface area contributed by atoms with Crippen LogP contribution in [0, 0.1) is 6.92 Å². The predicted octanol–water partition coefficient (Wildman–Crippen LogP) is 4.09. The number of benzene rings is 2. The smallest absolute Gasteiger partial charge is 0.236 e. The van der Waals surface area contributed by atoms with Crippen LogP contribution in [0.15, 0.2) is 53.7 Å². The topological polar surface area (TPSA) is 106 Å². The van der Waals surface area contributed by atoms with Crippen LogP contribution in [0.3, 0.4) is 0 Å². The number of amides is 1. The van der Waals surface area contributed by atoms with Gasteiger partial charge in [0, 0.05) is 11.3 Å². The van der Waals surface area contributed by atoms with E-state index in [1.165, 1.54) is 23.1 Å². The number of phenols is 1. The maximum Gasteiger partial charge on any atom is 0.236 e. The number of aromatic hydroxyl groups is 1. The Balaban J connectivity index is 1.59. The molecule has 4 rings (SSSR count). The minimum absolute atomic E-state index is 0.153. The van der Waals surface area contributed by atoms with Gasteiger partial charge in [-0.15, -0.1) is 20.4 Å². The van der Waals surface area contributed by atoms with Crippen LogP contribution in [-0.4, -0.2) is 41.7 Å². The average molecular weight is 453 g/mol. The van der Waals surface area contributed by atoms with Crippen molar-refractivity contribution >= 4 is 34.1 Å². The predicted molar refractivity (Wildman–Crippen MR) is 122 cm³/mol. The van der Waals surface area contributed by atoms with Crippen LogP contribution in [0.5, 0.6) is 5.75 Å². The third-order valence-electron chi connectivity index (χ3n) is 4.37. The summed E-state index contributed by atoms with van der Waals surface area (Å²) in [5.41, 5.74) is 2.80. The zero-order valence-corrected chi connectivity index (χ0v) is 18.6. The summed E-state index contributed by atoms with van der Waals surface area (Å²) in [4.78, 5) is 12.4. The molecule has 0 atom stereocenters. The largest absolute Gasteiger partial charge is 0.508 e. The molecule has 0 bridgehead atoms. The Morgan fingerprint density at radius 1 is 1.13 bits per heavy atom. The summed E-state index contributed by atoms with van der Waals surface area (Å²) in [6, 6.07) is 14.8. The molecule has 8 nitrogen and oxygen atoms in total. The van der Waals surface area contributed by atoms with E-state index in [0.29, 0.717) is 16.1 Å². The number of thioether (sulfide) groups is 1. The third-order valence-corrected chi connectivity index (χ3v) is 6.28. The maximum atomic E-state index is 12.4. The van der Waals surface area contributed by atoms with Crippen molar-refractivity contribution < 1.29 is 9.90 Å². The summed E-state index contributed by atoms with van der Waals surface area (Å²) >= 11 is 2.66. The maximum absolute atomic E-state index is 12.4. The fourth-order valence-corrected chi connectivity index (χ4v) is 4.34. The third kappa shape index (κ3) is 4.92. The first-order valence-corrected chi connectivity index (χ1v) is 11.4. The molecule has 158 valence electrons. The van der Waals surface area contributed by atoms with E-state index in [4.69, 9.17) is 0 Å². The van der Waals surface area contributed by atoms with E-state index < -0.39 is 0 Å². The van der Waals surface area contributed by atoms with Crippen LogP contribution < -0.4 is 5.32 Å². The first kappa shape index (κ1) is 21.0. The van der Waals surface area contributed by atoms with Gasteiger partial charge in [0.05, 0.1) is 5.75 Å². The van der Waals surface area contributed by atoms with Crippen LogP contribution in [0.1, 0.15) is 17.5 Å². The van der Waals surface area contributed by atoms with Crippen LogP contribution in [0.25, 0.3) is 17.1 Å². The molecule has 2 aromatic carbocycles. The fraction of sp³-hybridized carbons (Fsp3) is 0.190. The van der Waals surface area contributed by atoms with Crippen molar-refractivity contribution in [3.8, 4) is 22.8 Å². The van der Waals surface area contributed by atoms with E-state index in [9.17, 15) is 9.90 Å². The molecule has 0 saturated heterocycles. The lowest BCUT2D eigenvalue weighted by Crippen LogP contribution is -2.14. The molecule has 2 N–H and O–H groups in total. The van der Waals surface area contributed by atoms with Crippen molar-refractivity contribution in [3.05, 3.63) is 59.1 Å². The van der Waals surface area contributed by atoms with Crippen molar-refractivity contribution in [2.45, 2.75) is 25.4 Å². The van der Waals surface area contributed by atoms with Gasteiger partial charge in [0.25, 0.3) is 0 Å². The van der Waals surface area contributed by atoms with E-state index in [2.05, 4.69) is 25.7 Å². The molecule has 0 aliphatic rings. The average Bonchev–Trinajstić information content (AvgIpc) is 3.39. The highest BCUT2D eigenvalue weighted by Crippen LogP contribution is 2.29. The number of hydrogen-bond donors (Lipinski definition) is 2. The van der Waals surface area contributed by atoms with Crippen molar-refractivity contribution in [1.29, 1.82) is 0 Å². The lowest BCUT2D eigenvalue weighted by molar-refractivity contribution is -0.113. The quantitative estimate of drug-likeness (QED) is 0.407. The van der Waals surface area contributed by atoms with E-state index >= 15 is 0 Å². The highest BCUT2D eigenvalue weighted by atomic mass is 32.2. The summed E-state index contributed by atoms with van der Waals surface area (Å²) in [6.07, 6.45) is 0.780. The molecule has 0 spiro atoms. The van der Waals surface area contributed by atoms with Gasteiger partial charge >= 0.3 is 0 Å². The van der Waals surface area contributed by atoms with Gasteiger partial charge in [0.2, 0.25) is 11.0 Å². The number of nitrogens with one attached hydrogen (secondary N) is 1. The Hall–Kier alpha value is -3.24. The number of nitrogens with zero attached hydrogens (tertiary/aromatic N) is 5. The molecule has 0 fully saturated rings. The monoisotopic (exact) mass is 452 g/mol. The number of rotatable bonds is 7. The van der Waals surface area contributed by atoms with Gasteiger partial charge in [0.15, 0.2) is 11.0 Å².